The van der Waals surface area contributed by atoms with Crippen molar-refractivity contribution in [3.63, 3.8) is 0 Å². The molecule has 92 valence electrons. The van der Waals surface area contributed by atoms with Crippen molar-refractivity contribution < 1.29 is 19.2 Å². The molecule has 3 rings (SSSR count). The van der Waals surface area contributed by atoms with E-state index in [1.54, 1.807) is 18.9 Å². The zero-order valence-corrected chi connectivity index (χ0v) is 10.3. The highest BCUT2D eigenvalue weighted by Crippen LogP contribution is 2.44. The minimum Gasteiger partial charge on any atom is -0.497 e. The molecule has 0 saturated heterocycles. The Balaban J connectivity index is 2.19. The minimum absolute atomic E-state index is 0.00836. The Morgan fingerprint density at radius 1 is 1.56 bits per heavy atom. The number of nitrogens with zero attached hydrogens (tertiary/aromatic N) is 1. The van der Waals surface area contributed by atoms with Gasteiger partial charge < -0.3 is 14.4 Å². The second-order valence-corrected chi connectivity index (χ2v) is 4.81. The van der Waals surface area contributed by atoms with Gasteiger partial charge >= 0.3 is 5.97 Å². The van der Waals surface area contributed by atoms with E-state index in [9.17, 15) is 4.79 Å². The normalized spacial score (nSPS) is 12.7. The molecule has 0 atom stereocenters. The first kappa shape index (κ1) is 11.2. The fraction of sp³-hybridized carbons (Fsp3) is 0.167. The van der Waals surface area contributed by atoms with Gasteiger partial charge in [-0.25, -0.2) is 4.79 Å². The number of fused-ring (bicyclic) bond motifs is 3. The van der Waals surface area contributed by atoms with Gasteiger partial charge in [0.25, 0.3) is 0 Å². The predicted molar refractivity (Wildman–Crippen MR) is 65.0 cm³/mol. The number of rotatable bonds is 2. The standard InChI is InChI=1S/C12H9NO4S/c1-16-6-2-3-9-7(4-6)11-8(5-18-9)10(12(14)15)13-17-11/h2-4H,5H2,1H3,(H,14,15). The van der Waals surface area contributed by atoms with Crippen LogP contribution in [0.2, 0.25) is 0 Å². The fourth-order valence-electron chi connectivity index (χ4n) is 1.91. The second-order valence-electron chi connectivity index (χ2n) is 3.79. The average molecular weight is 263 g/mol. The fourth-order valence-corrected chi connectivity index (χ4v) is 2.95. The minimum atomic E-state index is -1.06. The maximum atomic E-state index is 11.0. The van der Waals surface area contributed by atoms with Crippen molar-refractivity contribution in [1.82, 2.24) is 5.16 Å². The quantitative estimate of drug-likeness (QED) is 0.898. The summed E-state index contributed by atoms with van der Waals surface area (Å²) in [6, 6.07) is 5.63. The number of carboxylic acid groups (broad SMARTS) is 1. The van der Waals surface area contributed by atoms with E-state index in [0.717, 1.165) is 10.5 Å². The molecule has 0 saturated carbocycles. The van der Waals surface area contributed by atoms with Crippen LogP contribution >= 0.6 is 11.8 Å². The van der Waals surface area contributed by atoms with Gasteiger partial charge in [0.05, 0.1) is 7.11 Å². The largest absolute Gasteiger partial charge is 0.497 e. The Morgan fingerprint density at radius 3 is 3.11 bits per heavy atom. The molecule has 0 amide bonds. The summed E-state index contributed by atoms with van der Waals surface area (Å²) in [5, 5.41) is 12.6. The smallest absolute Gasteiger partial charge is 0.358 e. The van der Waals surface area contributed by atoms with Crippen LogP contribution in [0, 0.1) is 0 Å². The SMILES string of the molecule is COc1ccc2c(c1)-c1onc(C(=O)O)c1CS2. The zero-order valence-electron chi connectivity index (χ0n) is 9.47. The van der Waals surface area contributed by atoms with E-state index in [1.807, 2.05) is 18.2 Å². The lowest BCUT2D eigenvalue weighted by atomic mass is 10.1. The van der Waals surface area contributed by atoms with Gasteiger partial charge in [-0.15, -0.1) is 11.8 Å². The first-order chi connectivity index (χ1) is 8.70. The number of hydrogen-bond donors (Lipinski definition) is 1. The van der Waals surface area contributed by atoms with E-state index in [4.69, 9.17) is 14.4 Å². The van der Waals surface area contributed by atoms with Crippen LogP contribution in [0.15, 0.2) is 27.6 Å². The van der Waals surface area contributed by atoms with E-state index in [0.29, 0.717) is 22.8 Å². The number of methoxy groups -OCH3 is 1. The van der Waals surface area contributed by atoms with Gasteiger partial charge in [-0.2, -0.15) is 0 Å². The maximum absolute atomic E-state index is 11.0. The number of aromatic nitrogens is 1. The molecule has 1 aliphatic heterocycles. The molecular weight excluding hydrogens is 254 g/mol. The number of ether oxygens (including phenoxy) is 1. The van der Waals surface area contributed by atoms with Crippen LogP contribution in [-0.4, -0.2) is 23.3 Å². The van der Waals surface area contributed by atoms with Gasteiger partial charge in [-0.1, -0.05) is 5.16 Å². The number of carboxylic acids is 1. The molecule has 1 aromatic heterocycles. The Labute approximate surface area is 107 Å². The molecule has 2 heterocycles. The summed E-state index contributed by atoms with van der Waals surface area (Å²) in [7, 11) is 1.58. The summed E-state index contributed by atoms with van der Waals surface area (Å²) in [6.45, 7) is 0. The van der Waals surface area contributed by atoms with Crippen molar-refractivity contribution in [2.75, 3.05) is 7.11 Å². The van der Waals surface area contributed by atoms with E-state index in [2.05, 4.69) is 5.16 Å². The molecule has 2 aromatic rings. The lowest BCUT2D eigenvalue weighted by Crippen LogP contribution is -2.03. The van der Waals surface area contributed by atoms with Crippen molar-refractivity contribution in [1.29, 1.82) is 0 Å². The van der Waals surface area contributed by atoms with Crippen LogP contribution in [0.5, 0.6) is 5.75 Å². The number of aromatic carboxylic acids is 1. The van der Waals surface area contributed by atoms with E-state index < -0.39 is 5.97 Å². The average Bonchev–Trinajstić information content (AvgIpc) is 2.82. The van der Waals surface area contributed by atoms with Gasteiger partial charge in [-0.05, 0) is 18.2 Å². The van der Waals surface area contributed by atoms with Crippen LogP contribution in [0.4, 0.5) is 0 Å². The summed E-state index contributed by atoms with van der Waals surface area (Å²) < 4.78 is 10.3. The molecule has 0 fully saturated rings. The molecule has 0 spiro atoms. The molecular formula is C12H9NO4S. The summed E-state index contributed by atoms with van der Waals surface area (Å²) in [4.78, 5) is 12.1. The Morgan fingerprint density at radius 2 is 2.39 bits per heavy atom. The molecule has 1 N–H and O–H groups in total. The first-order valence-corrected chi connectivity index (χ1v) is 6.22. The predicted octanol–water partition coefficient (Wildman–Crippen LogP) is 2.65. The van der Waals surface area contributed by atoms with Crippen LogP contribution in [0.25, 0.3) is 11.3 Å². The van der Waals surface area contributed by atoms with Gasteiger partial charge in [0.1, 0.15) is 5.75 Å². The number of thioether (sulfide) groups is 1. The third-order valence-electron chi connectivity index (χ3n) is 2.79. The third-order valence-corrected chi connectivity index (χ3v) is 3.89. The Bertz CT molecular complexity index is 635. The van der Waals surface area contributed by atoms with Crippen molar-refractivity contribution in [3.8, 4) is 17.1 Å². The molecule has 1 aliphatic rings. The van der Waals surface area contributed by atoms with Crippen LogP contribution in [-0.2, 0) is 5.75 Å². The van der Waals surface area contributed by atoms with Gasteiger partial charge in [0, 0.05) is 21.8 Å². The summed E-state index contributed by atoms with van der Waals surface area (Å²) in [5.41, 5.74) is 1.46. The summed E-state index contributed by atoms with van der Waals surface area (Å²) in [6.07, 6.45) is 0. The highest BCUT2D eigenvalue weighted by atomic mass is 32.2. The van der Waals surface area contributed by atoms with Crippen LogP contribution in [0.3, 0.4) is 0 Å². The second kappa shape index (κ2) is 4.06. The summed E-state index contributed by atoms with van der Waals surface area (Å²) in [5.74, 6) is 0.724. The summed E-state index contributed by atoms with van der Waals surface area (Å²) >= 11 is 1.57. The lowest BCUT2D eigenvalue weighted by molar-refractivity contribution is 0.0685. The van der Waals surface area contributed by atoms with Gasteiger partial charge in [0.2, 0.25) is 0 Å². The molecule has 0 unspecified atom stereocenters. The van der Waals surface area contributed by atoms with E-state index >= 15 is 0 Å². The Hall–Kier alpha value is -1.95. The zero-order chi connectivity index (χ0) is 12.7. The van der Waals surface area contributed by atoms with Crippen LogP contribution in [0.1, 0.15) is 16.1 Å². The molecule has 0 radical (unpaired) electrons. The highest BCUT2D eigenvalue weighted by molar-refractivity contribution is 7.98. The molecule has 0 bridgehead atoms. The number of hydrogen-bond acceptors (Lipinski definition) is 5. The first-order valence-electron chi connectivity index (χ1n) is 5.23. The molecule has 1 aromatic carbocycles. The van der Waals surface area contributed by atoms with Crippen LogP contribution < -0.4 is 4.74 Å². The van der Waals surface area contributed by atoms with Gasteiger partial charge in [-0.3, -0.25) is 0 Å². The van der Waals surface area contributed by atoms with Crippen molar-refractivity contribution in [2.45, 2.75) is 10.6 Å². The molecule has 5 nitrogen and oxygen atoms in total. The molecule has 18 heavy (non-hydrogen) atoms. The topological polar surface area (TPSA) is 72.6 Å². The molecule has 0 aliphatic carbocycles. The van der Waals surface area contributed by atoms with Crippen molar-refractivity contribution >= 4 is 17.7 Å². The van der Waals surface area contributed by atoms with Crippen molar-refractivity contribution in [3.05, 3.63) is 29.5 Å². The van der Waals surface area contributed by atoms with E-state index in [1.165, 1.54) is 0 Å². The van der Waals surface area contributed by atoms with E-state index in [-0.39, 0.29) is 5.69 Å². The number of benzene rings is 1. The monoisotopic (exact) mass is 263 g/mol. The highest BCUT2D eigenvalue weighted by Gasteiger charge is 2.28. The molecule has 6 heteroatoms. The van der Waals surface area contributed by atoms with Gasteiger partial charge in [0.15, 0.2) is 11.5 Å². The number of carbonyl (C=O) groups is 1. The lowest BCUT2D eigenvalue weighted by Gasteiger charge is -2.14. The maximum Gasteiger partial charge on any atom is 0.358 e. The van der Waals surface area contributed by atoms with Crippen molar-refractivity contribution in [2.24, 2.45) is 0 Å². The third kappa shape index (κ3) is 1.57. The Kier molecular flexibility index (Phi) is 2.52.